The highest BCUT2D eigenvalue weighted by molar-refractivity contribution is 7.99. The van der Waals surface area contributed by atoms with Crippen molar-refractivity contribution >= 4 is 23.7 Å². The van der Waals surface area contributed by atoms with Gasteiger partial charge in [-0.15, -0.1) is 0 Å². The zero-order valence-corrected chi connectivity index (χ0v) is 12.1. The lowest BCUT2D eigenvalue weighted by atomic mass is 10.4. The van der Waals surface area contributed by atoms with E-state index in [9.17, 15) is 0 Å². The predicted octanol–water partition coefficient (Wildman–Crippen LogP) is 1.23. The minimum Gasteiger partial charge on any atom is -0.357 e. The fourth-order valence-electron chi connectivity index (χ4n) is 1.22. The standard InChI is InChI=1S/C11H15N7S/c1-7-5-13-10(14-6-7)19-11-16-8(12-2)15-9(17-11)18(3)4/h5-6H,1-4H3,(H,12,15,16,17). The van der Waals surface area contributed by atoms with Crippen LogP contribution in [0.2, 0.25) is 0 Å². The van der Waals surface area contributed by atoms with Gasteiger partial charge in [0.25, 0.3) is 0 Å². The third-order valence-corrected chi connectivity index (χ3v) is 2.93. The Morgan fingerprint density at radius 3 is 2.32 bits per heavy atom. The lowest BCUT2D eigenvalue weighted by Gasteiger charge is -2.11. The number of nitrogens with one attached hydrogen (secondary N) is 1. The molecule has 0 aliphatic rings. The molecule has 0 aliphatic carbocycles. The molecule has 2 rings (SSSR count). The molecule has 0 bridgehead atoms. The molecule has 2 aromatic heterocycles. The van der Waals surface area contributed by atoms with Crippen LogP contribution in [0, 0.1) is 6.92 Å². The molecule has 0 aromatic carbocycles. The molecule has 19 heavy (non-hydrogen) atoms. The van der Waals surface area contributed by atoms with Crippen molar-refractivity contribution in [2.45, 2.75) is 17.2 Å². The van der Waals surface area contributed by atoms with Crippen LogP contribution >= 0.6 is 11.8 Å². The van der Waals surface area contributed by atoms with Crippen LogP contribution in [0.25, 0.3) is 0 Å². The van der Waals surface area contributed by atoms with E-state index in [0.29, 0.717) is 22.2 Å². The molecule has 1 N–H and O–H groups in total. The van der Waals surface area contributed by atoms with Crippen LogP contribution in [-0.4, -0.2) is 46.1 Å². The van der Waals surface area contributed by atoms with Crippen molar-refractivity contribution in [2.75, 3.05) is 31.4 Å². The normalized spacial score (nSPS) is 10.3. The number of hydrogen-bond donors (Lipinski definition) is 1. The lowest BCUT2D eigenvalue weighted by Crippen LogP contribution is -2.15. The summed E-state index contributed by atoms with van der Waals surface area (Å²) >= 11 is 1.31. The van der Waals surface area contributed by atoms with Crippen molar-refractivity contribution in [3.63, 3.8) is 0 Å². The van der Waals surface area contributed by atoms with Gasteiger partial charge in [0.15, 0.2) is 5.16 Å². The van der Waals surface area contributed by atoms with Crippen LogP contribution in [0.5, 0.6) is 0 Å². The van der Waals surface area contributed by atoms with E-state index in [1.807, 2.05) is 25.9 Å². The van der Waals surface area contributed by atoms with Gasteiger partial charge >= 0.3 is 0 Å². The van der Waals surface area contributed by atoms with Crippen LogP contribution in [0.3, 0.4) is 0 Å². The molecule has 2 aromatic rings. The molecule has 0 amide bonds. The molecule has 0 saturated heterocycles. The Labute approximate surface area is 115 Å². The zero-order valence-electron chi connectivity index (χ0n) is 11.2. The minimum absolute atomic E-state index is 0.522. The van der Waals surface area contributed by atoms with E-state index in [0.717, 1.165) is 5.56 Å². The third-order valence-electron chi connectivity index (χ3n) is 2.17. The lowest BCUT2D eigenvalue weighted by molar-refractivity contribution is 0.861. The number of aryl methyl sites for hydroxylation is 1. The summed E-state index contributed by atoms with van der Waals surface area (Å²) in [5.41, 5.74) is 1.02. The van der Waals surface area contributed by atoms with E-state index in [1.54, 1.807) is 19.4 Å². The number of rotatable bonds is 4. The van der Waals surface area contributed by atoms with E-state index in [4.69, 9.17) is 0 Å². The van der Waals surface area contributed by atoms with E-state index < -0.39 is 0 Å². The van der Waals surface area contributed by atoms with Crippen molar-refractivity contribution in [3.05, 3.63) is 18.0 Å². The number of hydrogen-bond acceptors (Lipinski definition) is 8. The first-order chi connectivity index (χ1) is 9.08. The van der Waals surface area contributed by atoms with Gasteiger partial charge in [0.1, 0.15) is 0 Å². The van der Waals surface area contributed by atoms with Crippen LogP contribution < -0.4 is 10.2 Å². The smallest absolute Gasteiger partial charge is 0.230 e. The highest BCUT2D eigenvalue weighted by Gasteiger charge is 2.10. The molecule has 0 aliphatic heterocycles. The van der Waals surface area contributed by atoms with Gasteiger partial charge in [-0.3, -0.25) is 0 Å². The Bertz CT molecular complexity index is 555. The molecule has 0 saturated carbocycles. The summed E-state index contributed by atoms with van der Waals surface area (Å²) in [5, 5.41) is 4.09. The van der Waals surface area contributed by atoms with Crippen LogP contribution in [0.15, 0.2) is 22.7 Å². The third kappa shape index (κ3) is 3.50. The van der Waals surface area contributed by atoms with Crippen LogP contribution in [-0.2, 0) is 0 Å². The van der Waals surface area contributed by atoms with E-state index >= 15 is 0 Å². The van der Waals surface area contributed by atoms with E-state index in [-0.39, 0.29) is 0 Å². The Kier molecular flexibility index (Phi) is 4.10. The fourth-order valence-corrected chi connectivity index (χ4v) is 1.85. The predicted molar refractivity (Wildman–Crippen MR) is 74.6 cm³/mol. The molecule has 7 nitrogen and oxygen atoms in total. The van der Waals surface area contributed by atoms with Gasteiger partial charge in [0.2, 0.25) is 17.1 Å². The molecule has 8 heteroatoms. The summed E-state index contributed by atoms with van der Waals surface area (Å²) in [4.78, 5) is 23.1. The van der Waals surface area contributed by atoms with E-state index in [2.05, 4.69) is 30.2 Å². The van der Waals surface area contributed by atoms with Gasteiger partial charge < -0.3 is 10.2 Å². The molecule has 0 unspecified atom stereocenters. The summed E-state index contributed by atoms with van der Waals surface area (Å²) in [6.45, 7) is 1.95. The van der Waals surface area contributed by atoms with Gasteiger partial charge in [0.05, 0.1) is 0 Å². The summed E-state index contributed by atoms with van der Waals surface area (Å²) in [6.07, 6.45) is 3.53. The summed E-state index contributed by atoms with van der Waals surface area (Å²) in [5.74, 6) is 1.11. The fraction of sp³-hybridized carbons (Fsp3) is 0.364. The molecule has 0 spiro atoms. The minimum atomic E-state index is 0.522. The summed E-state index contributed by atoms with van der Waals surface area (Å²) < 4.78 is 0. The number of nitrogens with zero attached hydrogens (tertiary/aromatic N) is 6. The van der Waals surface area contributed by atoms with Crippen LogP contribution in [0.1, 0.15) is 5.56 Å². The molecule has 2 heterocycles. The maximum atomic E-state index is 4.35. The Balaban J connectivity index is 2.28. The maximum Gasteiger partial charge on any atom is 0.230 e. The second-order valence-electron chi connectivity index (χ2n) is 4.03. The first-order valence-corrected chi connectivity index (χ1v) is 6.48. The van der Waals surface area contributed by atoms with E-state index in [1.165, 1.54) is 11.8 Å². The summed E-state index contributed by atoms with van der Waals surface area (Å²) in [6, 6.07) is 0. The number of aromatic nitrogens is 5. The van der Waals surface area contributed by atoms with Crippen LogP contribution in [0.4, 0.5) is 11.9 Å². The van der Waals surface area contributed by atoms with Crippen molar-refractivity contribution in [2.24, 2.45) is 0 Å². The average molecular weight is 277 g/mol. The van der Waals surface area contributed by atoms with Gasteiger partial charge in [-0.25, -0.2) is 9.97 Å². The van der Waals surface area contributed by atoms with Gasteiger partial charge in [-0.05, 0) is 24.2 Å². The summed E-state index contributed by atoms with van der Waals surface area (Å²) in [7, 11) is 5.53. The van der Waals surface area contributed by atoms with Crippen molar-refractivity contribution in [1.82, 2.24) is 24.9 Å². The molecule has 0 atom stereocenters. The van der Waals surface area contributed by atoms with Gasteiger partial charge in [-0.2, -0.15) is 15.0 Å². The Morgan fingerprint density at radius 1 is 1.05 bits per heavy atom. The van der Waals surface area contributed by atoms with Crippen molar-refractivity contribution in [3.8, 4) is 0 Å². The average Bonchev–Trinajstić information content (AvgIpc) is 2.41. The molecule has 100 valence electrons. The molecular formula is C11H15N7S. The number of anilines is 2. The zero-order chi connectivity index (χ0) is 13.8. The topological polar surface area (TPSA) is 79.7 Å². The largest absolute Gasteiger partial charge is 0.357 e. The van der Waals surface area contributed by atoms with Crippen molar-refractivity contribution in [1.29, 1.82) is 0 Å². The monoisotopic (exact) mass is 277 g/mol. The Hall–Kier alpha value is -1.96. The van der Waals surface area contributed by atoms with Gasteiger partial charge in [-0.1, -0.05) is 0 Å². The van der Waals surface area contributed by atoms with Gasteiger partial charge in [0, 0.05) is 33.5 Å². The van der Waals surface area contributed by atoms with Crippen molar-refractivity contribution < 1.29 is 0 Å². The maximum absolute atomic E-state index is 4.35. The molecule has 0 fully saturated rings. The molecule has 0 radical (unpaired) electrons. The molecular weight excluding hydrogens is 262 g/mol. The second kappa shape index (κ2) is 5.79. The second-order valence-corrected chi connectivity index (χ2v) is 4.97. The highest BCUT2D eigenvalue weighted by Crippen LogP contribution is 2.22. The Morgan fingerprint density at radius 2 is 1.74 bits per heavy atom. The highest BCUT2D eigenvalue weighted by atomic mass is 32.2. The quantitative estimate of drug-likeness (QED) is 0.836. The SMILES string of the molecule is CNc1nc(Sc2ncc(C)cn2)nc(N(C)C)n1. The first kappa shape index (κ1) is 13.5. The first-order valence-electron chi connectivity index (χ1n) is 5.66.